The van der Waals surface area contributed by atoms with Crippen LogP contribution in [-0.2, 0) is 14.8 Å². The molecule has 0 N–H and O–H groups in total. The van der Waals surface area contributed by atoms with Crippen molar-refractivity contribution in [2.45, 2.75) is 37.5 Å². The molecule has 0 radical (unpaired) electrons. The third kappa shape index (κ3) is 4.42. The van der Waals surface area contributed by atoms with Gasteiger partial charge in [0.25, 0.3) is 0 Å². The van der Waals surface area contributed by atoms with Crippen molar-refractivity contribution >= 4 is 39.1 Å². The number of carbonyl (C=O) groups excluding carboxylic acids is 1. The zero-order chi connectivity index (χ0) is 17.7. The van der Waals surface area contributed by atoms with Gasteiger partial charge in [0, 0.05) is 32.6 Å². The van der Waals surface area contributed by atoms with Gasteiger partial charge in [-0.25, -0.2) is 8.42 Å². The van der Waals surface area contributed by atoms with Crippen LogP contribution >= 0.6 is 23.2 Å². The van der Waals surface area contributed by atoms with E-state index in [0.717, 1.165) is 19.3 Å². The van der Waals surface area contributed by atoms with Crippen molar-refractivity contribution < 1.29 is 13.2 Å². The monoisotopic (exact) mass is 392 g/mol. The molecule has 0 saturated carbocycles. The molecule has 2 rings (SSSR count). The van der Waals surface area contributed by atoms with E-state index >= 15 is 0 Å². The minimum Gasteiger partial charge on any atom is -0.340 e. The molecule has 0 bridgehead atoms. The van der Waals surface area contributed by atoms with E-state index in [2.05, 4.69) is 6.92 Å². The summed E-state index contributed by atoms with van der Waals surface area (Å²) in [5.74, 6) is 0.0938. The van der Waals surface area contributed by atoms with Crippen molar-refractivity contribution in [1.82, 2.24) is 9.21 Å². The molecule has 1 aliphatic rings. The second-order valence-electron chi connectivity index (χ2n) is 5.79. The van der Waals surface area contributed by atoms with Crippen molar-refractivity contribution in [3.63, 3.8) is 0 Å². The number of carbonyl (C=O) groups is 1. The average molecular weight is 393 g/mol. The van der Waals surface area contributed by atoms with E-state index in [-0.39, 0.29) is 33.9 Å². The number of rotatable bonds is 6. The Morgan fingerprint density at radius 3 is 2.21 bits per heavy atom. The Bertz CT molecular complexity index is 666. The number of nitrogens with zero attached hydrogens (tertiary/aromatic N) is 2. The quantitative estimate of drug-likeness (QED) is 0.696. The molecule has 0 aromatic heterocycles. The average Bonchev–Trinajstić information content (AvgIpc) is 2.54. The molecule has 1 fully saturated rings. The first-order valence-electron chi connectivity index (χ1n) is 8.10. The summed E-state index contributed by atoms with van der Waals surface area (Å²) in [7, 11) is -3.76. The summed E-state index contributed by atoms with van der Waals surface area (Å²) in [5.41, 5.74) is 0. The van der Waals surface area contributed by atoms with Crippen molar-refractivity contribution in [2.75, 3.05) is 26.2 Å². The van der Waals surface area contributed by atoms with Crippen molar-refractivity contribution in [3.05, 3.63) is 28.2 Å². The molecule has 24 heavy (non-hydrogen) atoms. The van der Waals surface area contributed by atoms with Gasteiger partial charge in [0.1, 0.15) is 4.90 Å². The lowest BCUT2D eigenvalue weighted by Crippen LogP contribution is -2.50. The predicted molar refractivity (Wildman–Crippen MR) is 95.9 cm³/mol. The maximum atomic E-state index is 12.8. The first-order valence-corrected chi connectivity index (χ1v) is 10.3. The Balaban J connectivity index is 2.02. The minimum atomic E-state index is -3.76. The molecule has 0 aliphatic carbocycles. The molecule has 1 heterocycles. The van der Waals surface area contributed by atoms with Crippen LogP contribution in [0.5, 0.6) is 0 Å². The van der Waals surface area contributed by atoms with E-state index < -0.39 is 10.0 Å². The molecule has 1 aromatic carbocycles. The fraction of sp³-hybridized carbons (Fsp3) is 0.562. The Morgan fingerprint density at radius 1 is 1.08 bits per heavy atom. The van der Waals surface area contributed by atoms with Gasteiger partial charge < -0.3 is 4.90 Å². The highest BCUT2D eigenvalue weighted by molar-refractivity contribution is 7.89. The summed E-state index contributed by atoms with van der Waals surface area (Å²) in [6, 6.07) is 4.62. The van der Waals surface area contributed by atoms with Crippen LogP contribution in [0.4, 0.5) is 0 Å². The smallest absolute Gasteiger partial charge is 0.246 e. The Morgan fingerprint density at radius 2 is 1.67 bits per heavy atom. The molecule has 0 spiro atoms. The summed E-state index contributed by atoms with van der Waals surface area (Å²) < 4.78 is 26.9. The van der Waals surface area contributed by atoms with Gasteiger partial charge in [0.2, 0.25) is 15.9 Å². The maximum Gasteiger partial charge on any atom is 0.246 e. The number of sulfonamides is 1. The van der Waals surface area contributed by atoms with Gasteiger partial charge in [0.15, 0.2) is 0 Å². The van der Waals surface area contributed by atoms with Crippen LogP contribution in [0.1, 0.15) is 32.6 Å². The number of hydrogen-bond donors (Lipinski definition) is 0. The van der Waals surface area contributed by atoms with Gasteiger partial charge in [-0.1, -0.05) is 49.0 Å². The lowest BCUT2D eigenvalue weighted by Gasteiger charge is -2.34. The van der Waals surface area contributed by atoms with Gasteiger partial charge >= 0.3 is 0 Å². The molecule has 1 aliphatic heterocycles. The van der Waals surface area contributed by atoms with Crippen molar-refractivity contribution in [3.8, 4) is 0 Å². The number of amides is 1. The van der Waals surface area contributed by atoms with E-state index in [9.17, 15) is 13.2 Å². The van der Waals surface area contributed by atoms with E-state index in [0.29, 0.717) is 19.5 Å². The van der Waals surface area contributed by atoms with E-state index in [1.165, 1.54) is 16.4 Å². The summed E-state index contributed by atoms with van der Waals surface area (Å²) in [5, 5.41) is 0.223. The van der Waals surface area contributed by atoms with Crippen LogP contribution < -0.4 is 0 Å². The number of hydrogen-bond acceptors (Lipinski definition) is 3. The highest BCUT2D eigenvalue weighted by atomic mass is 35.5. The zero-order valence-corrected chi connectivity index (χ0v) is 16.0. The molecule has 1 aromatic rings. The first-order chi connectivity index (χ1) is 11.4. The molecule has 0 atom stereocenters. The normalized spacial score (nSPS) is 16.4. The van der Waals surface area contributed by atoms with Crippen LogP contribution in [0.2, 0.25) is 10.0 Å². The largest absolute Gasteiger partial charge is 0.340 e. The number of unbranched alkanes of at least 4 members (excludes halogenated alkanes) is 2. The molecular formula is C16H22Cl2N2O3S. The summed E-state index contributed by atoms with van der Waals surface area (Å²) in [4.78, 5) is 13.8. The first kappa shape index (κ1) is 19.5. The fourth-order valence-electron chi connectivity index (χ4n) is 2.72. The minimum absolute atomic E-state index is 0.0592. The fourth-order valence-corrected chi connectivity index (χ4v) is 5.23. The SMILES string of the molecule is CCCCCC(=O)N1CCN(S(=O)(=O)c2c(Cl)cccc2Cl)CC1. The Labute approximate surface area is 153 Å². The van der Waals surface area contributed by atoms with Gasteiger partial charge in [-0.15, -0.1) is 0 Å². The van der Waals surface area contributed by atoms with Gasteiger partial charge in [-0.05, 0) is 18.6 Å². The highest BCUT2D eigenvalue weighted by Crippen LogP contribution is 2.31. The number of halogens is 2. The third-order valence-electron chi connectivity index (χ3n) is 4.10. The lowest BCUT2D eigenvalue weighted by atomic mass is 10.2. The van der Waals surface area contributed by atoms with Crippen molar-refractivity contribution in [2.24, 2.45) is 0 Å². The van der Waals surface area contributed by atoms with E-state index in [1.807, 2.05) is 0 Å². The standard InChI is InChI=1S/C16H22Cl2N2O3S/c1-2-3-4-8-15(21)19-9-11-20(12-10-19)24(22,23)16-13(17)6-5-7-14(16)18/h5-7H,2-4,8-12H2,1H3. The second kappa shape index (κ2) is 8.52. The molecule has 8 heteroatoms. The van der Waals surface area contributed by atoms with E-state index in [4.69, 9.17) is 23.2 Å². The molecule has 5 nitrogen and oxygen atoms in total. The zero-order valence-electron chi connectivity index (χ0n) is 13.7. The summed E-state index contributed by atoms with van der Waals surface area (Å²) in [6.45, 7) is 3.39. The number of benzene rings is 1. The molecule has 1 saturated heterocycles. The van der Waals surface area contributed by atoms with E-state index in [1.54, 1.807) is 11.0 Å². The predicted octanol–water partition coefficient (Wildman–Crippen LogP) is 3.41. The van der Waals surface area contributed by atoms with Gasteiger partial charge in [-0.2, -0.15) is 4.31 Å². The van der Waals surface area contributed by atoms with Gasteiger partial charge in [0.05, 0.1) is 10.0 Å². The van der Waals surface area contributed by atoms with Crippen LogP contribution in [-0.4, -0.2) is 49.7 Å². The summed E-state index contributed by atoms with van der Waals surface area (Å²) in [6.07, 6.45) is 3.50. The highest BCUT2D eigenvalue weighted by Gasteiger charge is 2.32. The number of piperazine rings is 1. The molecule has 1 amide bonds. The Hall–Kier alpha value is -0.820. The van der Waals surface area contributed by atoms with Crippen LogP contribution in [0.15, 0.2) is 23.1 Å². The molecular weight excluding hydrogens is 371 g/mol. The summed E-state index contributed by atoms with van der Waals surface area (Å²) >= 11 is 12.1. The topological polar surface area (TPSA) is 57.7 Å². The van der Waals surface area contributed by atoms with Crippen LogP contribution in [0, 0.1) is 0 Å². The molecule has 0 unspecified atom stereocenters. The van der Waals surface area contributed by atoms with Crippen LogP contribution in [0.3, 0.4) is 0 Å². The molecule has 134 valence electrons. The maximum absolute atomic E-state index is 12.8. The van der Waals surface area contributed by atoms with Crippen LogP contribution in [0.25, 0.3) is 0 Å². The Kier molecular flexibility index (Phi) is 6.92. The second-order valence-corrected chi connectivity index (χ2v) is 8.48. The van der Waals surface area contributed by atoms with Crippen molar-refractivity contribution in [1.29, 1.82) is 0 Å². The van der Waals surface area contributed by atoms with Gasteiger partial charge in [-0.3, -0.25) is 4.79 Å². The third-order valence-corrected chi connectivity index (χ3v) is 6.96. The lowest BCUT2D eigenvalue weighted by molar-refractivity contribution is -0.132.